The van der Waals surface area contributed by atoms with Crippen molar-refractivity contribution in [2.75, 3.05) is 20.1 Å². The molecular weight excluding hydrogens is 280 g/mol. The van der Waals surface area contributed by atoms with Crippen molar-refractivity contribution in [1.82, 2.24) is 15.2 Å². The lowest BCUT2D eigenvalue weighted by Crippen LogP contribution is -2.40. The Kier molecular flexibility index (Phi) is 4.20. The lowest BCUT2D eigenvalue weighted by atomic mass is 9.86. The zero-order valence-electron chi connectivity index (χ0n) is 13.4. The summed E-state index contributed by atoms with van der Waals surface area (Å²) in [4.78, 5) is 12.8. The average Bonchev–Trinajstić information content (AvgIpc) is 3.16. The number of likely N-dealkylation sites (tertiary alicyclic amines) is 1. The topological polar surface area (TPSA) is 40.5 Å². The first-order chi connectivity index (χ1) is 10.1. The van der Waals surface area contributed by atoms with Crippen LogP contribution in [-0.2, 0) is 6.54 Å². The Balaban J connectivity index is 1.58. The molecule has 3 rings (SSSR count). The molecule has 2 fully saturated rings. The Labute approximate surface area is 131 Å². The van der Waals surface area contributed by atoms with Gasteiger partial charge in [0.15, 0.2) is 5.96 Å². The molecule has 0 unspecified atom stereocenters. The van der Waals surface area contributed by atoms with Gasteiger partial charge in [0.1, 0.15) is 5.01 Å². The molecule has 5 heteroatoms. The maximum Gasteiger partial charge on any atom is 0.194 e. The molecule has 0 aromatic carbocycles. The molecule has 1 aliphatic heterocycles. The summed E-state index contributed by atoms with van der Waals surface area (Å²) in [5, 5.41) is 4.65. The lowest BCUT2D eigenvalue weighted by molar-refractivity contribution is 0.309. The van der Waals surface area contributed by atoms with Crippen LogP contribution in [0, 0.1) is 19.3 Å². The van der Waals surface area contributed by atoms with Crippen molar-refractivity contribution in [3.63, 3.8) is 0 Å². The molecule has 1 aliphatic carbocycles. The fraction of sp³-hybridized carbons (Fsp3) is 0.750. The SMILES string of the molecule is CN=C(NCc1nc(C)c(C)s1)N1CCC2(CCCC2)C1. The summed E-state index contributed by atoms with van der Waals surface area (Å²) in [6, 6.07) is 0. The Morgan fingerprint density at radius 1 is 1.33 bits per heavy atom. The zero-order chi connectivity index (χ0) is 14.9. The summed E-state index contributed by atoms with van der Waals surface area (Å²) in [5.41, 5.74) is 1.74. The number of nitrogens with zero attached hydrogens (tertiary/aromatic N) is 3. The third kappa shape index (κ3) is 3.07. The smallest absolute Gasteiger partial charge is 0.194 e. The van der Waals surface area contributed by atoms with Crippen LogP contribution in [0.15, 0.2) is 4.99 Å². The minimum Gasteiger partial charge on any atom is -0.350 e. The maximum atomic E-state index is 4.60. The number of guanidine groups is 1. The molecule has 4 nitrogen and oxygen atoms in total. The van der Waals surface area contributed by atoms with Gasteiger partial charge >= 0.3 is 0 Å². The van der Waals surface area contributed by atoms with Crippen LogP contribution in [-0.4, -0.2) is 36.0 Å². The number of hydrogen-bond donors (Lipinski definition) is 1. The van der Waals surface area contributed by atoms with Crippen LogP contribution in [0.3, 0.4) is 0 Å². The number of rotatable bonds is 2. The molecule has 0 atom stereocenters. The maximum absolute atomic E-state index is 4.60. The van der Waals surface area contributed by atoms with E-state index in [-0.39, 0.29) is 0 Å². The van der Waals surface area contributed by atoms with E-state index in [4.69, 9.17) is 0 Å². The van der Waals surface area contributed by atoms with E-state index in [2.05, 4.69) is 34.0 Å². The predicted molar refractivity (Wildman–Crippen MR) is 88.9 cm³/mol. The summed E-state index contributed by atoms with van der Waals surface area (Å²) in [5.74, 6) is 1.05. The Hall–Kier alpha value is -1.10. The molecular formula is C16H26N4S. The van der Waals surface area contributed by atoms with E-state index in [9.17, 15) is 0 Å². The summed E-state index contributed by atoms with van der Waals surface area (Å²) in [6.07, 6.45) is 6.98. The second-order valence-corrected chi connectivity index (χ2v) is 7.82. The number of aryl methyl sites for hydroxylation is 2. The summed E-state index contributed by atoms with van der Waals surface area (Å²) < 4.78 is 0. The van der Waals surface area contributed by atoms with Crippen molar-refractivity contribution in [3.05, 3.63) is 15.6 Å². The first-order valence-electron chi connectivity index (χ1n) is 8.00. The van der Waals surface area contributed by atoms with E-state index in [0.29, 0.717) is 5.41 Å². The van der Waals surface area contributed by atoms with Gasteiger partial charge < -0.3 is 10.2 Å². The molecule has 116 valence electrons. The summed E-state index contributed by atoms with van der Waals surface area (Å²) >= 11 is 1.78. The van der Waals surface area contributed by atoms with Crippen LogP contribution in [0.1, 0.15) is 47.7 Å². The molecule has 2 heterocycles. The predicted octanol–water partition coefficient (Wildman–Crippen LogP) is 3.10. The van der Waals surface area contributed by atoms with Gasteiger partial charge in [0.2, 0.25) is 0 Å². The van der Waals surface area contributed by atoms with Crippen molar-refractivity contribution in [2.45, 2.75) is 52.5 Å². The summed E-state index contributed by atoms with van der Waals surface area (Å²) in [6.45, 7) is 7.33. The van der Waals surface area contributed by atoms with Crippen molar-refractivity contribution in [1.29, 1.82) is 0 Å². The molecule has 1 spiro atoms. The van der Waals surface area contributed by atoms with E-state index in [1.165, 1.54) is 43.5 Å². The van der Waals surface area contributed by atoms with Gasteiger partial charge in [-0.3, -0.25) is 4.99 Å². The molecule has 21 heavy (non-hydrogen) atoms. The number of nitrogens with one attached hydrogen (secondary N) is 1. The molecule has 1 N–H and O–H groups in total. The van der Waals surface area contributed by atoms with Gasteiger partial charge in [0.25, 0.3) is 0 Å². The molecule has 0 amide bonds. The highest BCUT2D eigenvalue weighted by Crippen LogP contribution is 2.45. The van der Waals surface area contributed by atoms with E-state index in [1.807, 2.05) is 7.05 Å². The van der Waals surface area contributed by atoms with Crippen molar-refractivity contribution >= 4 is 17.3 Å². The third-order valence-electron chi connectivity index (χ3n) is 5.08. The van der Waals surface area contributed by atoms with E-state index in [0.717, 1.165) is 29.8 Å². The van der Waals surface area contributed by atoms with Gasteiger partial charge in [0, 0.05) is 25.0 Å². The van der Waals surface area contributed by atoms with Gasteiger partial charge in [0.05, 0.1) is 12.2 Å². The van der Waals surface area contributed by atoms with E-state index in [1.54, 1.807) is 11.3 Å². The standard InChI is InChI=1S/C16H26N4S/c1-12-13(2)21-14(19-12)10-18-15(17-3)20-9-8-16(11-20)6-4-5-7-16/h4-11H2,1-3H3,(H,17,18). The molecule has 2 aliphatic rings. The largest absolute Gasteiger partial charge is 0.350 e. The monoisotopic (exact) mass is 306 g/mol. The third-order valence-corrected chi connectivity index (χ3v) is 6.16. The molecule has 1 aromatic rings. The van der Waals surface area contributed by atoms with Gasteiger partial charge in [-0.05, 0) is 38.5 Å². The molecule has 0 radical (unpaired) electrons. The molecule has 1 saturated heterocycles. The minimum absolute atomic E-state index is 0.589. The number of aromatic nitrogens is 1. The second-order valence-electron chi connectivity index (χ2n) is 6.53. The molecule has 1 aromatic heterocycles. The van der Waals surface area contributed by atoms with Crippen LogP contribution in [0.2, 0.25) is 0 Å². The van der Waals surface area contributed by atoms with Crippen LogP contribution in [0.5, 0.6) is 0 Å². The Bertz CT molecular complexity index is 509. The van der Waals surface area contributed by atoms with E-state index >= 15 is 0 Å². The first-order valence-corrected chi connectivity index (χ1v) is 8.82. The van der Waals surface area contributed by atoms with Crippen molar-refractivity contribution < 1.29 is 0 Å². The number of aliphatic imine (C=N–C) groups is 1. The van der Waals surface area contributed by atoms with Gasteiger partial charge in [-0.1, -0.05) is 12.8 Å². The first kappa shape index (κ1) is 14.8. The van der Waals surface area contributed by atoms with Gasteiger partial charge in [-0.25, -0.2) is 4.98 Å². The fourth-order valence-electron chi connectivity index (χ4n) is 3.75. The normalized spacial score (nSPS) is 21.5. The highest BCUT2D eigenvalue weighted by molar-refractivity contribution is 7.11. The molecule has 1 saturated carbocycles. The highest BCUT2D eigenvalue weighted by Gasteiger charge is 2.41. The van der Waals surface area contributed by atoms with Crippen LogP contribution < -0.4 is 5.32 Å². The number of thiazole rings is 1. The Morgan fingerprint density at radius 2 is 2.10 bits per heavy atom. The lowest BCUT2D eigenvalue weighted by Gasteiger charge is -2.25. The van der Waals surface area contributed by atoms with E-state index < -0.39 is 0 Å². The van der Waals surface area contributed by atoms with Gasteiger partial charge in [-0.15, -0.1) is 11.3 Å². The molecule has 0 bridgehead atoms. The number of hydrogen-bond acceptors (Lipinski definition) is 3. The minimum atomic E-state index is 0.589. The second kappa shape index (κ2) is 5.95. The van der Waals surface area contributed by atoms with Crippen LogP contribution in [0.4, 0.5) is 0 Å². The van der Waals surface area contributed by atoms with Crippen LogP contribution in [0.25, 0.3) is 0 Å². The Morgan fingerprint density at radius 3 is 2.71 bits per heavy atom. The van der Waals surface area contributed by atoms with Gasteiger partial charge in [-0.2, -0.15) is 0 Å². The van der Waals surface area contributed by atoms with Crippen molar-refractivity contribution in [2.24, 2.45) is 10.4 Å². The van der Waals surface area contributed by atoms with Crippen molar-refractivity contribution in [3.8, 4) is 0 Å². The zero-order valence-corrected chi connectivity index (χ0v) is 14.2. The van der Waals surface area contributed by atoms with Crippen LogP contribution >= 0.6 is 11.3 Å². The fourth-order valence-corrected chi connectivity index (χ4v) is 4.62. The summed E-state index contributed by atoms with van der Waals surface area (Å²) in [7, 11) is 1.89. The average molecular weight is 306 g/mol. The highest BCUT2D eigenvalue weighted by atomic mass is 32.1. The quantitative estimate of drug-likeness (QED) is 0.674.